The summed E-state index contributed by atoms with van der Waals surface area (Å²) in [5.74, 6) is 1.88. The number of β-amino-alcohol motifs (C(OH)–C–C–N with tert-alkyl or cyclic N) is 1. The molecule has 1 aliphatic heterocycles. The zero-order chi connectivity index (χ0) is 20.1. The van der Waals surface area contributed by atoms with Crippen LogP contribution < -0.4 is 4.74 Å². The van der Waals surface area contributed by atoms with Gasteiger partial charge in [-0.15, -0.1) is 0 Å². The van der Waals surface area contributed by atoms with Crippen molar-refractivity contribution in [3.8, 4) is 11.5 Å². The van der Waals surface area contributed by atoms with E-state index in [4.69, 9.17) is 4.74 Å². The summed E-state index contributed by atoms with van der Waals surface area (Å²) in [7, 11) is 0. The van der Waals surface area contributed by atoms with Crippen LogP contribution in [-0.2, 0) is 0 Å². The van der Waals surface area contributed by atoms with Gasteiger partial charge in [-0.05, 0) is 66.6 Å². The van der Waals surface area contributed by atoms with Crippen molar-refractivity contribution < 1.29 is 19.3 Å². The van der Waals surface area contributed by atoms with Gasteiger partial charge in [-0.25, -0.2) is 4.39 Å². The SMILES string of the molecule is CC.Oc1ccc(C(O)CN2C[C@H]3CC(Oc4ccc(F)cc4)C[C@H]3C2)cc1. The Morgan fingerprint density at radius 1 is 1.00 bits per heavy atom. The second-order valence-electron chi connectivity index (χ2n) is 7.51. The van der Waals surface area contributed by atoms with E-state index in [2.05, 4.69) is 4.90 Å². The number of benzene rings is 2. The van der Waals surface area contributed by atoms with E-state index in [1.807, 2.05) is 13.8 Å². The molecule has 0 spiro atoms. The average Bonchev–Trinajstić information content (AvgIpc) is 3.23. The van der Waals surface area contributed by atoms with Crippen molar-refractivity contribution in [3.63, 3.8) is 0 Å². The molecule has 0 radical (unpaired) electrons. The Morgan fingerprint density at radius 2 is 1.57 bits per heavy atom. The molecule has 2 N–H and O–H groups in total. The van der Waals surface area contributed by atoms with Gasteiger partial charge in [-0.2, -0.15) is 0 Å². The molecule has 0 aromatic heterocycles. The van der Waals surface area contributed by atoms with E-state index >= 15 is 0 Å². The fourth-order valence-corrected chi connectivity index (χ4v) is 4.34. The predicted molar refractivity (Wildman–Crippen MR) is 108 cm³/mol. The largest absolute Gasteiger partial charge is 0.508 e. The Balaban J connectivity index is 0.00000109. The lowest BCUT2D eigenvalue weighted by Crippen LogP contribution is -2.28. The first-order valence-corrected chi connectivity index (χ1v) is 10.2. The highest BCUT2D eigenvalue weighted by Crippen LogP contribution is 2.40. The van der Waals surface area contributed by atoms with Crippen molar-refractivity contribution in [3.05, 3.63) is 59.9 Å². The summed E-state index contributed by atoms with van der Waals surface area (Å²) in [5.41, 5.74) is 0.831. The minimum atomic E-state index is -0.541. The lowest BCUT2D eigenvalue weighted by molar-refractivity contribution is 0.116. The van der Waals surface area contributed by atoms with Crippen LogP contribution in [0.1, 0.15) is 38.4 Å². The summed E-state index contributed by atoms with van der Waals surface area (Å²) in [6.45, 7) is 6.56. The van der Waals surface area contributed by atoms with Crippen molar-refractivity contribution in [1.82, 2.24) is 4.90 Å². The first-order valence-electron chi connectivity index (χ1n) is 10.2. The third-order valence-electron chi connectivity index (χ3n) is 5.61. The van der Waals surface area contributed by atoms with Crippen LogP contribution in [0.15, 0.2) is 48.5 Å². The van der Waals surface area contributed by atoms with Gasteiger partial charge >= 0.3 is 0 Å². The van der Waals surface area contributed by atoms with E-state index < -0.39 is 6.10 Å². The number of ether oxygens (including phenoxy) is 1. The van der Waals surface area contributed by atoms with Crippen LogP contribution in [0.4, 0.5) is 4.39 Å². The lowest BCUT2D eigenvalue weighted by Gasteiger charge is -2.22. The van der Waals surface area contributed by atoms with Crippen molar-refractivity contribution in [2.45, 2.75) is 38.9 Å². The number of halogens is 1. The number of fused-ring (bicyclic) bond motifs is 1. The lowest BCUT2D eigenvalue weighted by atomic mass is 10.0. The quantitative estimate of drug-likeness (QED) is 0.799. The Hall–Kier alpha value is -2.11. The number of aromatic hydroxyl groups is 1. The number of likely N-dealkylation sites (tertiary alicyclic amines) is 1. The summed E-state index contributed by atoms with van der Waals surface area (Å²) >= 11 is 0. The number of hydrogen-bond donors (Lipinski definition) is 2. The molecule has 4 atom stereocenters. The molecule has 2 aromatic carbocycles. The van der Waals surface area contributed by atoms with Crippen LogP contribution >= 0.6 is 0 Å². The van der Waals surface area contributed by atoms with Gasteiger partial charge in [0.25, 0.3) is 0 Å². The predicted octanol–water partition coefficient (Wildman–Crippen LogP) is 4.38. The molecule has 0 amide bonds. The molecule has 1 saturated carbocycles. The van der Waals surface area contributed by atoms with Crippen molar-refractivity contribution >= 4 is 0 Å². The van der Waals surface area contributed by atoms with E-state index in [0.717, 1.165) is 37.2 Å². The van der Waals surface area contributed by atoms with E-state index in [1.54, 1.807) is 36.4 Å². The van der Waals surface area contributed by atoms with Crippen LogP contribution in [0.5, 0.6) is 11.5 Å². The fourth-order valence-electron chi connectivity index (χ4n) is 4.34. The van der Waals surface area contributed by atoms with Crippen LogP contribution in [0.25, 0.3) is 0 Å². The maximum atomic E-state index is 13.0. The highest BCUT2D eigenvalue weighted by Gasteiger charge is 2.42. The Labute approximate surface area is 166 Å². The minimum absolute atomic E-state index is 0.194. The zero-order valence-electron chi connectivity index (χ0n) is 16.6. The number of rotatable bonds is 5. The van der Waals surface area contributed by atoms with Crippen LogP contribution in [-0.4, -0.2) is 40.9 Å². The average molecular weight is 387 g/mol. The molecule has 4 nitrogen and oxygen atoms in total. The Bertz CT molecular complexity index is 721. The highest BCUT2D eigenvalue weighted by atomic mass is 19.1. The molecule has 4 rings (SSSR count). The number of aliphatic hydroxyl groups excluding tert-OH is 1. The van der Waals surface area contributed by atoms with Gasteiger partial charge in [0.2, 0.25) is 0 Å². The normalized spacial score (nSPS) is 24.9. The van der Waals surface area contributed by atoms with E-state index in [9.17, 15) is 14.6 Å². The maximum Gasteiger partial charge on any atom is 0.123 e. The monoisotopic (exact) mass is 387 g/mol. The van der Waals surface area contributed by atoms with Crippen molar-refractivity contribution in [2.75, 3.05) is 19.6 Å². The second-order valence-corrected chi connectivity index (χ2v) is 7.51. The van der Waals surface area contributed by atoms with E-state index in [0.29, 0.717) is 18.4 Å². The number of hydrogen-bond acceptors (Lipinski definition) is 4. The summed E-state index contributed by atoms with van der Waals surface area (Å²) in [6, 6.07) is 13.0. The molecule has 1 aliphatic carbocycles. The first kappa shape index (κ1) is 20.6. The van der Waals surface area contributed by atoms with Gasteiger partial charge in [-0.1, -0.05) is 26.0 Å². The van der Waals surface area contributed by atoms with Gasteiger partial charge in [0.1, 0.15) is 17.3 Å². The van der Waals surface area contributed by atoms with Gasteiger partial charge in [0, 0.05) is 19.6 Å². The molecule has 5 heteroatoms. The number of aliphatic hydroxyl groups is 1. The third kappa shape index (κ3) is 5.03. The second kappa shape index (κ2) is 9.39. The van der Waals surface area contributed by atoms with E-state index in [1.165, 1.54) is 12.1 Å². The van der Waals surface area contributed by atoms with Gasteiger partial charge in [0.15, 0.2) is 0 Å². The molecular formula is C23H30FNO3. The van der Waals surface area contributed by atoms with Crippen LogP contribution in [0.3, 0.4) is 0 Å². The highest BCUT2D eigenvalue weighted by molar-refractivity contribution is 5.27. The molecule has 2 fully saturated rings. The summed E-state index contributed by atoms with van der Waals surface area (Å²) < 4.78 is 19.0. The first-order chi connectivity index (χ1) is 13.6. The molecule has 1 heterocycles. The summed E-state index contributed by atoms with van der Waals surface area (Å²) in [4.78, 5) is 2.32. The molecule has 2 aliphatic rings. The smallest absolute Gasteiger partial charge is 0.123 e. The van der Waals surface area contributed by atoms with Crippen molar-refractivity contribution in [1.29, 1.82) is 0 Å². The minimum Gasteiger partial charge on any atom is -0.508 e. The Morgan fingerprint density at radius 3 is 2.14 bits per heavy atom. The molecule has 28 heavy (non-hydrogen) atoms. The van der Waals surface area contributed by atoms with Crippen LogP contribution in [0.2, 0.25) is 0 Å². The van der Waals surface area contributed by atoms with Crippen LogP contribution in [0, 0.1) is 17.7 Å². The number of nitrogens with zero attached hydrogens (tertiary/aromatic N) is 1. The van der Waals surface area contributed by atoms with Gasteiger partial charge in [0.05, 0.1) is 12.2 Å². The topological polar surface area (TPSA) is 52.9 Å². The standard InChI is InChI=1S/C21H24FNO3.C2H6/c22-17-3-7-19(8-4-17)26-20-9-15-11-23(12-16(15)10-20)13-21(25)14-1-5-18(24)6-2-14;1-2/h1-8,15-16,20-21,24-25H,9-13H2;1-2H3/t15-,16+,20?,21?;. The van der Waals surface area contributed by atoms with Crippen molar-refractivity contribution in [2.24, 2.45) is 11.8 Å². The molecule has 0 bridgehead atoms. The number of phenols is 1. The molecular weight excluding hydrogens is 357 g/mol. The van der Waals surface area contributed by atoms with Gasteiger partial charge in [-0.3, -0.25) is 4.90 Å². The fraction of sp³-hybridized carbons (Fsp3) is 0.478. The van der Waals surface area contributed by atoms with Gasteiger partial charge < -0.3 is 14.9 Å². The van der Waals surface area contributed by atoms with E-state index in [-0.39, 0.29) is 17.7 Å². The molecule has 152 valence electrons. The molecule has 2 aromatic rings. The number of phenolic OH excluding ortho intramolecular Hbond substituents is 1. The molecule has 2 unspecified atom stereocenters. The summed E-state index contributed by atoms with van der Waals surface area (Å²) in [5, 5.41) is 19.8. The summed E-state index contributed by atoms with van der Waals surface area (Å²) in [6.07, 6.45) is 1.67. The third-order valence-corrected chi connectivity index (χ3v) is 5.61. The Kier molecular flexibility index (Phi) is 6.92. The molecule has 1 saturated heterocycles. The zero-order valence-corrected chi connectivity index (χ0v) is 16.6. The maximum absolute atomic E-state index is 13.0.